The van der Waals surface area contributed by atoms with Crippen molar-refractivity contribution < 1.29 is 9.90 Å². The second kappa shape index (κ2) is 9.26. The number of nitrogens with two attached hydrogens (primary N) is 1. The first-order valence-electron chi connectivity index (χ1n) is 11.3. The Morgan fingerprint density at radius 3 is 2.79 bits per heavy atom. The highest BCUT2D eigenvalue weighted by atomic mass is 16.3. The first kappa shape index (κ1) is 23.4. The molecule has 1 atom stereocenters. The van der Waals surface area contributed by atoms with Gasteiger partial charge in [-0.15, -0.1) is 0 Å². The molecule has 34 heavy (non-hydrogen) atoms. The van der Waals surface area contributed by atoms with E-state index >= 15 is 0 Å². The van der Waals surface area contributed by atoms with E-state index in [0.717, 1.165) is 28.1 Å². The Balaban J connectivity index is 1.48. The number of nitrogens with zero attached hydrogens (tertiary/aromatic N) is 3. The normalized spacial score (nSPS) is 15.1. The van der Waals surface area contributed by atoms with Crippen LogP contribution in [0, 0.1) is 6.92 Å². The molecule has 0 spiro atoms. The molecule has 0 saturated heterocycles. The highest BCUT2D eigenvalue weighted by Crippen LogP contribution is 2.25. The number of nitrogen functional groups attached to an aromatic ring is 1. The minimum atomic E-state index is -0.955. The van der Waals surface area contributed by atoms with Gasteiger partial charge in [0, 0.05) is 30.7 Å². The van der Waals surface area contributed by atoms with Gasteiger partial charge >= 0.3 is 0 Å². The van der Waals surface area contributed by atoms with Crippen LogP contribution in [-0.2, 0) is 29.9 Å². The number of pyridine rings is 1. The molecule has 1 aliphatic heterocycles. The van der Waals surface area contributed by atoms with Crippen molar-refractivity contribution in [1.29, 1.82) is 0 Å². The van der Waals surface area contributed by atoms with Crippen LogP contribution in [0.2, 0.25) is 0 Å². The fraction of sp³-hybridized carbons (Fsp3) is 0.360. The lowest BCUT2D eigenvalue weighted by Crippen LogP contribution is -2.36. The van der Waals surface area contributed by atoms with E-state index in [1.807, 2.05) is 37.3 Å². The van der Waals surface area contributed by atoms with E-state index < -0.39 is 11.6 Å². The number of aryl methyl sites for hydroxylation is 2. The SMILES string of the molecule is Cc1nc(N)ccc1CNC(=O)[C@@H]1CCc2cnc(NCc3cccc(C(C)(C)O)c3)c(=O)n21. The molecular weight excluding hydrogens is 432 g/mol. The molecule has 9 nitrogen and oxygen atoms in total. The van der Waals surface area contributed by atoms with Crippen LogP contribution in [0.4, 0.5) is 11.6 Å². The van der Waals surface area contributed by atoms with E-state index in [9.17, 15) is 14.7 Å². The van der Waals surface area contributed by atoms with Crippen LogP contribution in [0.15, 0.2) is 47.4 Å². The van der Waals surface area contributed by atoms with Gasteiger partial charge in [-0.2, -0.15) is 0 Å². The molecule has 0 saturated carbocycles. The number of hydrogen-bond acceptors (Lipinski definition) is 7. The van der Waals surface area contributed by atoms with Gasteiger partial charge in [-0.3, -0.25) is 14.2 Å². The van der Waals surface area contributed by atoms with Gasteiger partial charge in [0.1, 0.15) is 11.9 Å². The largest absolute Gasteiger partial charge is 0.386 e. The van der Waals surface area contributed by atoms with Crippen LogP contribution in [0.5, 0.6) is 0 Å². The van der Waals surface area contributed by atoms with E-state index in [0.29, 0.717) is 31.7 Å². The van der Waals surface area contributed by atoms with Crippen LogP contribution in [0.3, 0.4) is 0 Å². The van der Waals surface area contributed by atoms with Gasteiger partial charge < -0.3 is 21.5 Å². The van der Waals surface area contributed by atoms with E-state index in [1.54, 1.807) is 26.1 Å². The van der Waals surface area contributed by atoms with Gasteiger partial charge in [0.15, 0.2) is 5.82 Å². The predicted octanol–water partition coefficient (Wildman–Crippen LogP) is 2.17. The molecule has 3 heterocycles. The quantitative estimate of drug-likeness (QED) is 0.423. The summed E-state index contributed by atoms with van der Waals surface area (Å²) in [4.78, 5) is 34.6. The summed E-state index contributed by atoms with van der Waals surface area (Å²) < 4.78 is 1.53. The van der Waals surface area contributed by atoms with Crippen molar-refractivity contribution >= 4 is 17.5 Å². The molecule has 0 bridgehead atoms. The highest BCUT2D eigenvalue weighted by Gasteiger charge is 2.30. The van der Waals surface area contributed by atoms with Crippen LogP contribution in [0.1, 0.15) is 54.4 Å². The minimum Gasteiger partial charge on any atom is -0.386 e. The topological polar surface area (TPSA) is 135 Å². The lowest BCUT2D eigenvalue weighted by atomic mass is 9.96. The zero-order chi connectivity index (χ0) is 24.5. The molecule has 3 aromatic rings. The molecular formula is C25H30N6O3. The summed E-state index contributed by atoms with van der Waals surface area (Å²) in [7, 11) is 0. The van der Waals surface area contributed by atoms with E-state index in [-0.39, 0.29) is 17.3 Å². The number of aromatic nitrogens is 3. The maximum Gasteiger partial charge on any atom is 0.294 e. The molecule has 1 aliphatic rings. The first-order chi connectivity index (χ1) is 16.1. The van der Waals surface area contributed by atoms with Crippen molar-refractivity contribution in [1.82, 2.24) is 19.9 Å². The predicted molar refractivity (Wildman–Crippen MR) is 130 cm³/mol. The number of amides is 1. The summed E-state index contributed by atoms with van der Waals surface area (Å²) in [5.74, 6) is 0.408. The molecule has 1 aromatic carbocycles. The number of anilines is 2. The number of carbonyl (C=O) groups excluding carboxylic acids is 1. The average molecular weight is 463 g/mol. The number of hydrogen-bond donors (Lipinski definition) is 4. The Kier molecular flexibility index (Phi) is 6.39. The number of benzene rings is 1. The maximum atomic E-state index is 13.2. The number of carbonyl (C=O) groups is 1. The summed E-state index contributed by atoms with van der Waals surface area (Å²) in [6, 6.07) is 10.5. The number of aliphatic hydroxyl groups is 1. The molecule has 0 radical (unpaired) electrons. The van der Waals surface area contributed by atoms with E-state index in [4.69, 9.17) is 5.73 Å². The third kappa shape index (κ3) is 4.94. The zero-order valence-electron chi connectivity index (χ0n) is 19.6. The van der Waals surface area contributed by atoms with Gasteiger partial charge in [0.2, 0.25) is 5.91 Å². The second-order valence-electron chi connectivity index (χ2n) is 9.14. The van der Waals surface area contributed by atoms with Crippen molar-refractivity contribution in [3.63, 3.8) is 0 Å². The monoisotopic (exact) mass is 462 g/mol. The van der Waals surface area contributed by atoms with Gasteiger partial charge in [-0.25, -0.2) is 9.97 Å². The summed E-state index contributed by atoms with van der Waals surface area (Å²) in [6.07, 6.45) is 2.80. The Morgan fingerprint density at radius 1 is 1.26 bits per heavy atom. The second-order valence-corrected chi connectivity index (χ2v) is 9.14. The zero-order valence-corrected chi connectivity index (χ0v) is 19.6. The first-order valence-corrected chi connectivity index (χ1v) is 11.3. The number of nitrogens with one attached hydrogen (secondary N) is 2. The third-order valence-corrected chi connectivity index (χ3v) is 6.12. The summed E-state index contributed by atoms with van der Waals surface area (Å²) in [5.41, 5.74) is 8.49. The lowest BCUT2D eigenvalue weighted by molar-refractivity contribution is -0.124. The number of fused-ring (bicyclic) bond motifs is 1. The van der Waals surface area contributed by atoms with Crippen molar-refractivity contribution in [3.05, 3.63) is 81.0 Å². The fourth-order valence-electron chi connectivity index (χ4n) is 4.15. The van der Waals surface area contributed by atoms with E-state index in [1.165, 1.54) is 4.57 Å². The molecule has 0 fully saturated rings. The summed E-state index contributed by atoms with van der Waals surface area (Å²) in [5, 5.41) is 16.3. The van der Waals surface area contributed by atoms with Crippen LogP contribution in [-0.4, -0.2) is 25.5 Å². The van der Waals surface area contributed by atoms with Gasteiger partial charge in [-0.05, 0) is 56.4 Å². The maximum absolute atomic E-state index is 13.2. The van der Waals surface area contributed by atoms with E-state index in [2.05, 4.69) is 20.6 Å². The molecule has 5 N–H and O–H groups in total. The molecule has 178 valence electrons. The minimum absolute atomic E-state index is 0.190. The molecule has 0 aliphatic carbocycles. The Hall–Kier alpha value is -3.72. The summed E-state index contributed by atoms with van der Waals surface area (Å²) in [6.45, 7) is 5.97. The lowest BCUT2D eigenvalue weighted by Gasteiger charge is -2.19. The van der Waals surface area contributed by atoms with Crippen molar-refractivity contribution in [2.45, 2.75) is 58.3 Å². The average Bonchev–Trinajstić information content (AvgIpc) is 3.23. The molecule has 0 unspecified atom stereocenters. The standard InChI is InChI=1S/C25H30N6O3/c1-15-17(7-10-21(26)30-15)13-29-23(32)20-9-8-19-14-28-22(24(33)31(19)20)27-12-16-5-4-6-18(11-16)25(2,3)34/h4-7,10-11,14,20,34H,8-9,12-13H2,1-3H3,(H2,26,30)(H,27,28)(H,29,32)/t20-/m0/s1. The Labute approximate surface area is 198 Å². The van der Waals surface area contributed by atoms with Gasteiger partial charge in [0.25, 0.3) is 5.56 Å². The van der Waals surface area contributed by atoms with Gasteiger partial charge in [0.05, 0.1) is 5.60 Å². The summed E-state index contributed by atoms with van der Waals surface area (Å²) >= 11 is 0. The smallest absolute Gasteiger partial charge is 0.294 e. The Morgan fingerprint density at radius 2 is 2.06 bits per heavy atom. The van der Waals surface area contributed by atoms with Gasteiger partial charge in [-0.1, -0.05) is 30.3 Å². The third-order valence-electron chi connectivity index (χ3n) is 6.12. The molecule has 1 amide bonds. The molecule has 2 aromatic heterocycles. The number of rotatable bonds is 7. The van der Waals surface area contributed by atoms with Crippen molar-refractivity contribution in [3.8, 4) is 0 Å². The molecule has 9 heteroatoms. The van der Waals surface area contributed by atoms with Crippen LogP contribution < -0.4 is 21.9 Å². The van der Waals surface area contributed by atoms with Crippen LogP contribution in [0.25, 0.3) is 0 Å². The van der Waals surface area contributed by atoms with Crippen molar-refractivity contribution in [2.75, 3.05) is 11.1 Å². The fourth-order valence-corrected chi connectivity index (χ4v) is 4.15. The highest BCUT2D eigenvalue weighted by molar-refractivity contribution is 5.81. The molecule has 4 rings (SSSR count). The van der Waals surface area contributed by atoms with Crippen molar-refractivity contribution in [2.24, 2.45) is 0 Å². The van der Waals surface area contributed by atoms with Crippen LogP contribution >= 0.6 is 0 Å². The Bertz CT molecular complexity index is 1280.